The van der Waals surface area contributed by atoms with Crippen LogP contribution in [0.1, 0.15) is 25.3 Å². The Balaban J connectivity index is 2.00. The van der Waals surface area contributed by atoms with E-state index in [4.69, 9.17) is 4.74 Å². The first-order valence-corrected chi connectivity index (χ1v) is 8.29. The fraction of sp³-hybridized carbons (Fsp3) is 0.588. The van der Waals surface area contributed by atoms with Gasteiger partial charge in [0.15, 0.2) is 17.5 Å². The van der Waals surface area contributed by atoms with Crippen LogP contribution in [0.4, 0.5) is 8.78 Å². The van der Waals surface area contributed by atoms with E-state index in [2.05, 4.69) is 19.9 Å². The average Bonchev–Trinajstić information content (AvgIpc) is 3.08. The van der Waals surface area contributed by atoms with Gasteiger partial charge in [0.1, 0.15) is 0 Å². The second-order valence-corrected chi connectivity index (χ2v) is 5.54. The van der Waals surface area contributed by atoms with Crippen LogP contribution >= 0.6 is 0 Å². The monoisotopic (exact) mass is 341 g/mol. The molecule has 2 rings (SSSR count). The lowest BCUT2D eigenvalue weighted by Crippen LogP contribution is -2.39. The number of benzene rings is 1. The molecule has 0 amide bonds. The molecule has 1 aliphatic heterocycles. The lowest BCUT2D eigenvalue weighted by Gasteiger charge is -2.20. The van der Waals surface area contributed by atoms with Gasteiger partial charge in [-0.2, -0.15) is 8.78 Å². The normalized spacial score (nSPS) is 15.0. The Kier molecular flexibility index (Phi) is 7.08. The van der Waals surface area contributed by atoms with E-state index in [1.54, 1.807) is 12.1 Å². The van der Waals surface area contributed by atoms with Gasteiger partial charge in [-0.1, -0.05) is 6.07 Å². The van der Waals surface area contributed by atoms with Crippen molar-refractivity contribution in [2.75, 3.05) is 33.3 Å². The fourth-order valence-electron chi connectivity index (χ4n) is 2.71. The summed E-state index contributed by atoms with van der Waals surface area (Å²) >= 11 is 0. The highest BCUT2D eigenvalue weighted by Gasteiger charge is 2.15. The Hall–Kier alpha value is -2.05. The maximum atomic E-state index is 12.5. The molecule has 1 aromatic carbocycles. The molecule has 1 aliphatic rings. The van der Waals surface area contributed by atoms with Crippen LogP contribution in [-0.4, -0.2) is 50.8 Å². The van der Waals surface area contributed by atoms with Crippen LogP contribution in [0, 0.1) is 0 Å². The molecule has 0 saturated carbocycles. The summed E-state index contributed by atoms with van der Waals surface area (Å²) in [6, 6.07) is 5.07. The van der Waals surface area contributed by atoms with Crippen LogP contribution in [0.2, 0.25) is 0 Å². The van der Waals surface area contributed by atoms with E-state index in [0.717, 1.165) is 31.2 Å². The number of halogens is 2. The topological polar surface area (TPSA) is 46.1 Å². The minimum atomic E-state index is -2.87. The molecule has 134 valence electrons. The van der Waals surface area contributed by atoms with Gasteiger partial charge in [0.05, 0.1) is 7.11 Å². The van der Waals surface area contributed by atoms with Crippen molar-refractivity contribution in [3.63, 3.8) is 0 Å². The summed E-state index contributed by atoms with van der Waals surface area (Å²) in [6.07, 6.45) is 3.03. The molecule has 1 N–H and O–H groups in total. The molecule has 24 heavy (non-hydrogen) atoms. The number of methoxy groups -OCH3 is 1. The Morgan fingerprint density at radius 3 is 2.67 bits per heavy atom. The molecule has 0 aromatic heterocycles. The van der Waals surface area contributed by atoms with Crippen molar-refractivity contribution in [3.8, 4) is 11.5 Å². The zero-order valence-corrected chi connectivity index (χ0v) is 14.2. The lowest BCUT2D eigenvalue weighted by atomic mass is 10.1. The average molecular weight is 341 g/mol. The van der Waals surface area contributed by atoms with Crippen LogP contribution in [0.15, 0.2) is 23.2 Å². The third-order valence-corrected chi connectivity index (χ3v) is 3.85. The Morgan fingerprint density at radius 2 is 2.04 bits per heavy atom. The summed E-state index contributed by atoms with van der Waals surface area (Å²) in [7, 11) is 1.43. The summed E-state index contributed by atoms with van der Waals surface area (Å²) in [4.78, 5) is 6.89. The van der Waals surface area contributed by atoms with Gasteiger partial charge in [-0.15, -0.1) is 0 Å². The number of nitrogens with one attached hydrogen (secondary N) is 1. The molecule has 7 heteroatoms. The Bertz CT molecular complexity index is 547. The molecule has 1 fully saturated rings. The standard InChI is InChI=1S/C17H25F2N3O2/c1-3-20-17(22-10-4-5-11-22)21-9-8-13-6-7-14(23-2)15(12-13)24-16(18)19/h6-7,12,16H,3-5,8-11H2,1-2H3,(H,20,21). The number of likely N-dealkylation sites (tertiary alicyclic amines) is 1. The molecule has 0 aliphatic carbocycles. The first-order chi connectivity index (χ1) is 11.6. The number of hydrogen-bond donors (Lipinski definition) is 1. The van der Waals surface area contributed by atoms with Crippen molar-refractivity contribution in [2.24, 2.45) is 4.99 Å². The number of ether oxygens (including phenoxy) is 2. The number of guanidine groups is 1. The molecule has 1 heterocycles. The smallest absolute Gasteiger partial charge is 0.387 e. The highest BCUT2D eigenvalue weighted by Crippen LogP contribution is 2.29. The molecule has 1 saturated heterocycles. The molecule has 1 aromatic rings. The first-order valence-electron chi connectivity index (χ1n) is 8.29. The Labute approximate surface area is 141 Å². The van der Waals surface area contributed by atoms with Crippen molar-refractivity contribution in [1.29, 1.82) is 0 Å². The number of rotatable bonds is 7. The molecule has 0 bridgehead atoms. The van der Waals surface area contributed by atoms with Gasteiger partial charge < -0.3 is 19.7 Å². The lowest BCUT2D eigenvalue weighted by molar-refractivity contribution is -0.0512. The van der Waals surface area contributed by atoms with E-state index in [1.165, 1.54) is 20.0 Å². The van der Waals surface area contributed by atoms with E-state index < -0.39 is 6.61 Å². The van der Waals surface area contributed by atoms with Crippen molar-refractivity contribution < 1.29 is 18.3 Å². The van der Waals surface area contributed by atoms with Crippen molar-refractivity contribution in [3.05, 3.63) is 23.8 Å². The van der Waals surface area contributed by atoms with E-state index in [-0.39, 0.29) is 5.75 Å². The van der Waals surface area contributed by atoms with Crippen molar-refractivity contribution in [2.45, 2.75) is 32.8 Å². The van der Waals surface area contributed by atoms with Gasteiger partial charge in [0.25, 0.3) is 0 Å². The largest absolute Gasteiger partial charge is 0.493 e. The van der Waals surface area contributed by atoms with Crippen LogP contribution in [-0.2, 0) is 6.42 Å². The minimum Gasteiger partial charge on any atom is -0.493 e. The maximum absolute atomic E-state index is 12.5. The molecule has 0 spiro atoms. The first kappa shape index (κ1) is 18.3. The van der Waals surface area contributed by atoms with Crippen molar-refractivity contribution >= 4 is 5.96 Å². The van der Waals surface area contributed by atoms with Crippen LogP contribution < -0.4 is 14.8 Å². The van der Waals surface area contributed by atoms with Crippen LogP contribution in [0.25, 0.3) is 0 Å². The van der Waals surface area contributed by atoms with E-state index in [9.17, 15) is 8.78 Å². The predicted octanol–water partition coefficient (Wildman–Crippen LogP) is 2.90. The van der Waals surface area contributed by atoms with Gasteiger partial charge in [0.2, 0.25) is 0 Å². The maximum Gasteiger partial charge on any atom is 0.387 e. The third-order valence-electron chi connectivity index (χ3n) is 3.85. The van der Waals surface area contributed by atoms with E-state index in [0.29, 0.717) is 18.7 Å². The summed E-state index contributed by atoms with van der Waals surface area (Å²) in [5.74, 6) is 1.28. The zero-order valence-electron chi connectivity index (χ0n) is 14.2. The Morgan fingerprint density at radius 1 is 1.29 bits per heavy atom. The molecule has 5 nitrogen and oxygen atoms in total. The highest BCUT2D eigenvalue weighted by atomic mass is 19.3. The van der Waals surface area contributed by atoms with Gasteiger partial charge in [-0.3, -0.25) is 4.99 Å². The molecule has 0 unspecified atom stereocenters. The number of alkyl halides is 2. The van der Waals surface area contributed by atoms with Crippen molar-refractivity contribution in [1.82, 2.24) is 10.2 Å². The number of nitrogens with zero attached hydrogens (tertiary/aromatic N) is 2. The van der Waals surface area contributed by atoms with Crippen LogP contribution in [0.3, 0.4) is 0 Å². The van der Waals surface area contributed by atoms with Crippen LogP contribution in [0.5, 0.6) is 11.5 Å². The summed E-state index contributed by atoms with van der Waals surface area (Å²) < 4.78 is 34.5. The summed E-state index contributed by atoms with van der Waals surface area (Å²) in [6.45, 7) is 2.64. The summed E-state index contributed by atoms with van der Waals surface area (Å²) in [5.41, 5.74) is 0.882. The molecular weight excluding hydrogens is 316 g/mol. The summed E-state index contributed by atoms with van der Waals surface area (Å²) in [5, 5.41) is 3.30. The quantitative estimate of drug-likeness (QED) is 0.612. The zero-order chi connectivity index (χ0) is 17.4. The van der Waals surface area contributed by atoms with Gasteiger partial charge in [-0.25, -0.2) is 0 Å². The fourth-order valence-corrected chi connectivity index (χ4v) is 2.71. The van der Waals surface area contributed by atoms with E-state index >= 15 is 0 Å². The molecule has 0 atom stereocenters. The third kappa shape index (κ3) is 5.25. The highest BCUT2D eigenvalue weighted by molar-refractivity contribution is 5.80. The van der Waals surface area contributed by atoms with Gasteiger partial charge >= 0.3 is 6.61 Å². The predicted molar refractivity (Wildman–Crippen MR) is 90.1 cm³/mol. The second kappa shape index (κ2) is 9.30. The molecular formula is C17H25F2N3O2. The van der Waals surface area contributed by atoms with Gasteiger partial charge in [-0.05, 0) is 43.9 Å². The minimum absolute atomic E-state index is 0.0560. The SMILES string of the molecule is CCNC(=NCCc1ccc(OC)c(OC(F)F)c1)N1CCCC1. The number of aliphatic imine (C=N–C) groups is 1. The molecule has 0 radical (unpaired) electrons. The van der Waals surface area contributed by atoms with Gasteiger partial charge in [0, 0.05) is 26.2 Å². The second-order valence-electron chi connectivity index (χ2n) is 5.54. The number of hydrogen-bond acceptors (Lipinski definition) is 3. The van der Waals surface area contributed by atoms with E-state index in [1.807, 2.05) is 13.0 Å².